The molecule has 0 aliphatic rings. The zero-order valence-corrected chi connectivity index (χ0v) is 43.8. The molecule has 5 atom stereocenters. The van der Waals surface area contributed by atoms with Crippen LogP contribution in [0.4, 0.5) is 4.79 Å². The van der Waals surface area contributed by atoms with Crippen molar-refractivity contribution in [2.45, 2.75) is 227 Å². The molecule has 0 aliphatic carbocycles. The Kier molecular flexibility index (Phi) is 25.6. The van der Waals surface area contributed by atoms with Crippen LogP contribution in [0.25, 0.3) is 0 Å². The fraction of sp³-hybridized carbons (Fsp3) is 0.766. The summed E-state index contributed by atoms with van der Waals surface area (Å²) in [6, 6.07) is -7.43. The minimum atomic E-state index is -1.72. The summed E-state index contributed by atoms with van der Waals surface area (Å²) in [5, 5.41) is 21.5. The maximum Gasteiger partial charge on any atom is 0.408 e. The van der Waals surface area contributed by atoms with Crippen LogP contribution in [0.15, 0.2) is 0 Å². The van der Waals surface area contributed by atoms with Gasteiger partial charge in [-0.25, -0.2) is 24.0 Å². The van der Waals surface area contributed by atoms with Gasteiger partial charge in [-0.1, -0.05) is 0 Å². The Labute approximate surface area is 411 Å². The summed E-state index contributed by atoms with van der Waals surface area (Å²) in [5.74, 6) is -9.21. The topological polar surface area (TPSA) is 324 Å². The van der Waals surface area contributed by atoms with E-state index in [1.165, 1.54) is 0 Å². The van der Waals surface area contributed by atoms with Crippen LogP contribution >= 0.6 is 0 Å². The molecule has 0 aliphatic heterocycles. The second-order valence-electron chi connectivity index (χ2n) is 21.3. The van der Waals surface area contributed by atoms with Gasteiger partial charge in [0, 0.05) is 25.7 Å². The first-order valence-corrected chi connectivity index (χ1v) is 23.2. The van der Waals surface area contributed by atoms with Crippen molar-refractivity contribution < 1.29 is 86.3 Å². The lowest BCUT2D eigenvalue weighted by Crippen LogP contribution is -2.54. The standard InChI is InChI=1S/C47H79N5O18/c1-17-65-36(58)25-21-29(40(62)68-45(8,9)10)50-33(54)23-19-27(38(60)66-43(2,3)4)48-32(53)22-18-28(39(61)67-44(5,6)7)49-34(55)24-20-30(41(63)69-46(11,12)13)51-37(59)31(26-35(56)57)52-42(64)70-47(14,15)16/h27-31H,17-26H2,1-16H3,(H,48,53)(H,49,55)(H,50,54)(H,51,59)(H,52,64)(H,56,57)/t27?,28-,29-,30?,31-/m0/s1. The maximum absolute atomic E-state index is 13.5. The molecule has 2 unspecified atom stereocenters. The van der Waals surface area contributed by atoms with Gasteiger partial charge >= 0.3 is 41.9 Å². The van der Waals surface area contributed by atoms with Crippen molar-refractivity contribution >= 4 is 65.5 Å². The van der Waals surface area contributed by atoms with E-state index >= 15 is 0 Å². The summed E-state index contributed by atoms with van der Waals surface area (Å²) in [5.41, 5.74) is -5.08. The third-order valence-electron chi connectivity index (χ3n) is 8.40. The van der Waals surface area contributed by atoms with Gasteiger partial charge in [0.15, 0.2) is 0 Å². The minimum Gasteiger partial charge on any atom is -0.481 e. The Morgan fingerprint density at radius 3 is 0.957 bits per heavy atom. The Balaban J connectivity index is 6.35. The SMILES string of the molecule is CCOC(=O)CC[C@H](NC(=O)CCC(NC(=O)CC[C@H](NC(=O)CCC(NC(=O)[C@H](CC(=O)O)NC(=O)OC(C)(C)C)C(=O)OC(C)(C)C)C(=O)OC(C)(C)C)C(=O)OC(C)(C)C)C(=O)OC(C)(C)C. The van der Waals surface area contributed by atoms with E-state index in [4.69, 9.17) is 28.4 Å². The third-order valence-corrected chi connectivity index (χ3v) is 8.40. The van der Waals surface area contributed by atoms with Crippen LogP contribution in [0.3, 0.4) is 0 Å². The zero-order valence-electron chi connectivity index (χ0n) is 43.8. The molecule has 0 aromatic heterocycles. The largest absolute Gasteiger partial charge is 0.481 e. The first kappa shape index (κ1) is 64.0. The summed E-state index contributed by atoms with van der Waals surface area (Å²) in [6.45, 7) is 25.3. The molecule has 0 aromatic rings. The number of nitrogens with one attached hydrogen (secondary N) is 5. The normalized spacial score (nSPS) is 14.1. The van der Waals surface area contributed by atoms with Gasteiger partial charge in [-0.15, -0.1) is 0 Å². The lowest BCUT2D eigenvalue weighted by molar-refractivity contribution is -0.161. The van der Waals surface area contributed by atoms with Gasteiger partial charge < -0.3 is 60.1 Å². The molecule has 23 heteroatoms. The fourth-order valence-electron chi connectivity index (χ4n) is 5.71. The van der Waals surface area contributed by atoms with E-state index in [0.29, 0.717) is 0 Å². The number of carboxylic acid groups (broad SMARTS) is 1. The second kappa shape index (κ2) is 28.0. The predicted molar refractivity (Wildman–Crippen MR) is 250 cm³/mol. The van der Waals surface area contributed by atoms with Crippen LogP contribution < -0.4 is 26.6 Å². The molecule has 0 saturated heterocycles. The number of aliphatic carboxylic acids is 1. The summed E-state index contributed by atoms with van der Waals surface area (Å²) in [4.78, 5) is 143. The van der Waals surface area contributed by atoms with E-state index < -0.39 is 156 Å². The molecular formula is C47H79N5O18. The lowest BCUT2D eigenvalue weighted by Gasteiger charge is -2.27. The van der Waals surface area contributed by atoms with Crippen LogP contribution in [-0.2, 0) is 76.4 Å². The average Bonchev–Trinajstić information content (AvgIpc) is 3.14. The van der Waals surface area contributed by atoms with Crippen LogP contribution in [0.2, 0.25) is 0 Å². The summed E-state index contributed by atoms with van der Waals surface area (Å²) < 4.78 is 31.9. The predicted octanol–water partition coefficient (Wildman–Crippen LogP) is 3.34. The van der Waals surface area contributed by atoms with Crippen molar-refractivity contribution in [3.63, 3.8) is 0 Å². The number of alkyl carbamates (subject to hydrolysis) is 1. The number of carboxylic acids is 1. The quantitative estimate of drug-likeness (QED) is 0.0564. The number of esters is 5. The molecule has 0 bridgehead atoms. The van der Waals surface area contributed by atoms with E-state index in [-0.39, 0.29) is 32.3 Å². The Bertz CT molecular complexity index is 1850. The molecule has 0 fully saturated rings. The summed E-state index contributed by atoms with van der Waals surface area (Å²) in [7, 11) is 0. The van der Waals surface area contributed by atoms with Crippen molar-refractivity contribution in [1.82, 2.24) is 26.6 Å². The number of carbonyl (C=O) groups is 11. The van der Waals surface area contributed by atoms with E-state index in [2.05, 4.69) is 26.6 Å². The lowest BCUT2D eigenvalue weighted by atomic mass is 10.1. The van der Waals surface area contributed by atoms with Crippen LogP contribution in [0, 0.1) is 0 Å². The number of amides is 5. The number of rotatable bonds is 25. The highest BCUT2D eigenvalue weighted by atomic mass is 16.6. The highest BCUT2D eigenvalue weighted by Gasteiger charge is 2.35. The molecule has 0 rings (SSSR count). The van der Waals surface area contributed by atoms with Gasteiger partial charge in [-0.2, -0.15) is 0 Å². The van der Waals surface area contributed by atoms with Gasteiger partial charge in [0.05, 0.1) is 13.0 Å². The Morgan fingerprint density at radius 2 is 0.686 bits per heavy atom. The molecule has 0 spiro atoms. The molecule has 400 valence electrons. The van der Waals surface area contributed by atoms with Crippen molar-refractivity contribution in [3.8, 4) is 0 Å². The number of ether oxygens (including phenoxy) is 6. The maximum atomic E-state index is 13.5. The summed E-state index contributed by atoms with van der Waals surface area (Å²) >= 11 is 0. The molecule has 5 amide bonds. The monoisotopic (exact) mass is 1000 g/mol. The Hall–Kier alpha value is -6.03. The van der Waals surface area contributed by atoms with Gasteiger partial charge in [0.1, 0.15) is 58.2 Å². The molecule has 23 nitrogen and oxygen atoms in total. The fourth-order valence-corrected chi connectivity index (χ4v) is 5.71. The van der Waals surface area contributed by atoms with Gasteiger partial charge in [0.2, 0.25) is 23.6 Å². The molecule has 6 N–H and O–H groups in total. The molecule has 0 radical (unpaired) electrons. The number of carbonyl (C=O) groups excluding carboxylic acids is 10. The second-order valence-corrected chi connectivity index (χ2v) is 21.3. The van der Waals surface area contributed by atoms with E-state index in [1.54, 1.807) is 111 Å². The number of hydrogen-bond acceptors (Lipinski definition) is 17. The minimum absolute atomic E-state index is 0.108. The highest BCUT2D eigenvalue weighted by molar-refractivity contribution is 5.93. The molecule has 0 saturated carbocycles. The third kappa shape index (κ3) is 31.2. The molecule has 70 heavy (non-hydrogen) atoms. The molecule has 0 aromatic carbocycles. The Morgan fingerprint density at radius 1 is 0.400 bits per heavy atom. The van der Waals surface area contributed by atoms with Crippen LogP contribution in [0.5, 0.6) is 0 Å². The van der Waals surface area contributed by atoms with E-state index in [1.807, 2.05) is 0 Å². The molecule has 0 heterocycles. The van der Waals surface area contributed by atoms with Crippen LogP contribution in [0.1, 0.15) is 169 Å². The van der Waals surface area contributed by atoms with Gasteiger partial charge in [-0.05, 0) is 136 Å². The van der Waals surface area contributed by atoms with Gasteiger partial charge in [0.25, 0.3) is 0 Å². The van der Waals surface area contributed by atoms with Gasteiger partial charge in [-0.3, -0.25) is 28.8 Å². The average molecular weight is 1000 g/mol. The molecular weight excluding hydrogens is 923 g/mol. The first-order valence-electron chi connectivity index (χ1n) is 23.2. The van der Waals surface area contributed by atoms with Crippen molar-refractivity contribution in [3.05, 3.63) is 0 Å². The van der Waals surface area contributed by atoms with Crippen LogP contribution in [-0.4, -0.2) is 135 Å². The van der Waals surface area contributed by atoms with Crippen molar-refractivity contribution in [1.29, 1.82) is 0 Å². The van der Waals surface area contributed by atoms with Crippen molar-refractivity contribution in [2.75, 3.05) is 6.61 Å². The van der Waals surface area contributed by atoms with E-state index in [9.17, 15) is 57.8 Å². The van der Waals surface area contributed by atoms with E-state index in [0.717, 1.165) is 0 Å². The summed E-state index contributed by atoms with van der Waals surface area (Å²) in [6.07, 6.45) is -4.96. The highest BCUT2D eigenvalue weighted by Crippen LogP contribution is 2.17. The zero-order chi connectivity index (χ0) is 54.6. The smallest absolute Gasteiger partial charge is 0.408 e. The number of hydrogen-bond donors (Lipinski definition) is 6. The van der Waals surface area contributed by atoms with Crippen molar-refractivity contribution in [2.24, 2.45) is 0 Å². The first-order chi connectivity index (χ1) is 31.7.